The van der Waals surface area contributed by atoms with Gasteiger partial charge in [-0.15, -0.1) is 0 Å². The second-order valence-corrected chi connectivity index (χ2v) is 5.23. The Labute approximate surface area is 115 Å². The van der Waals surface area contributed by atoms with Crippen LogP contribution < -0.4 is 5.32 Å². The lowest BCUT2D eigenvalue weighted by Gasteiger charge is -2.13. The molecule has 0 fully saturated rings. The highest BCUT2D eigenvalue weighted by molar-refractivity contribution is 14.1. The predicted molar refractivity (Wildman–Crippen MR) is 76.9 cm³/mol. The molecule has 2 nitrogen and oxygen atoms in total. The molecule has 88 valence electrons. The number of rotatable bonds is 4. The van der Waals surface area contributed by atoms with E-state index in [0.29, 0.717) is 5.02 Å². The predicted octanol–water partition coefficient (Wildman–Crippen LogP) is 4.32. The summed E-state index contributed by atoms with van der Waals surface area (Å²) in [5.41, 5.74) is 0.835. The van der Waals surface area contributed by atoms with Crippen LogP contribution in [0, 0.1) is 9.49 Å². The Bertz CT molecular complexity index is 377. The number of hydrogen-bond donors (Lipinski definition) is 1. The maximum Gasteiger partial charge on any atom is 0.227 e. The minimum absolute atomic E-state index is 0.0882. The molecule has 0 aromatic heterocycles. The van der Waals surface area contributed by atoms with Crippen molar-refractivity contribution in [2.45, 2.75) is 26.7 Å². The minimum atomic E-state index is 0.0882. The van der Waals surface area contributed by atoms with Gasteiger partial charge in [-0.2, -0.15) is 0 Å². The van der Waals surface area contributed by atoms with Gasteiger partial charge < -0.3 is 5.32 Å². The van der Waals surface area contributed by atoms with E-state index in [2.05, 4.69) is 27.9 Å². The molecule has 1 amide bonds. The zero-order valence-corrected chi connectivity index (χ0v) is 12.3. The van der Waals surface area contributed by atoms with Gasteiger partial charge in [0, 0.05) is 14.5 Å². The van der Waals surface area contributed by atoms with E-state index < -0.39 is 0 Å². The van der Waals surface area contributed by atoms with Crippen LogP contribution in [0.1, 0.15) is 26.7 Å². The lowest BCUT2D eigenvalue weighted by molar-refractivity contribution is -0.120. The fourth-order valence-corrected chi connectivity index (χ4v) is 2.49. The molecule has 16 heavy (non-hydrogen) atoms. The quantitative estimate of drug-likeness (QED) is 0.804. The monoisotopic (exact) mass is 351 g/mol. The maximum atomic E-state index is 11.9. The Morgan fingerprint density at radius 1 is 1.44 bits per heavy atom. The molecule has 0 bridgehead atoms. The largest absolute Gasteiger partial charge is 0.325 e. The van der Waals surface area contributed by atoms with Crippen LogP contribution in [0.5, 0.6) is 0 Å². The van der Waals surface area contributed by atoms with Crippen molar-refractivity contribution in [3.05, 3.63) is 26.8 Å². The molecule has 0 saturated heterocycles. The molecule has 0 atom stereocenters. The molecule has 4 heteroatoms. The average molecular weight is 352 g/mol. The zero-order valence-electron chi connectivity index (χ0n) is 9.39. The SMILES string of the molecule is CCC(CC)C(=O)Nc1ccc(Cl)cc1I. The van der Waals surface area contributed by atoms with Crippen molar-refractivity contribution in [1.29, 1.82) is 0 Å². The van der Waals surface area contributed by atoms with E-state index in [-0.39, 0.29) is 11.8 Å². The first-order valence-corrected chi connectivity index (χ1v) is 6.80. The van der Waals surface area contributed by atoms with Crippen molar-refractivity contribution in [3.8, 4) is 0 Å². The molecule has 1 aromatic rings. The van der Waals surface area contributed by atoms with Crippen LogP contribution in [0.2, 0.25) is 5.02 Å². The topological polar surface area (TPSA) is 29.1 Å². The molecule has 0 saturated carbocycles. The Hall–Kier alpha value is -0.290. The Balaban J connectivity index is 2.76. The van der Waals surface area contributed by atoms with Gasteiger partial charge in [-0.05, 0) is 53.6 Å². The lowest BCUT2D eigenvalue weighted by Crippen LogP contribution is -2.22. The Morgan fingerprint density at radius 3 is 2.56 bits per heavy atom. The standard InChI is InChI=1S/C12H15ClINO/c1-3-8(4-2)12(16)15-11-6-5-9(13)7-10(11)14/h5-8H,3-4H2,1-2H3,(H,15,16). The van der Waals surface area contributed by atoms with E-state index in [9.17, 15) is 4.79 Å². The van der Waals surface area contributed by atoms with Crippen LogP contribution in [0.4, 0.5) is 5.69 Å². The van der Waals surface area contributed by atoms with Crippen LogP contribution >= 0.6 is 34.2 Å². The first-order valence-electron chi connectivity index (χ1n) is 5.34. The smallest absolute Gasteiger partial charge is 0.227 e. The van der Waals surface area contributed by atoms with Crippen LogP contribution in [-0.2, 0) is 4.79 Å². The highest BCUT2D eigenvalue weighted by atomic mass is 127. The van der Waals surface area contributed by atoms with Crippen molar-refractivity contribution in [1.82, 2.24) is 0 Å². The van der Waals surface area contributed by atoms with Crippen molar-refractivity contribution in [2.24, 2.45) is 5.92 Å². The highest BCUT2D eigenvalue weighted by Gasteiger charge is 2.15. The third-order valence-corrected chi connectivity index (χ3v) is 3.67. The number of halogens is 2. The summed E-state index contributed by atoms with van der Waals surface area (Å²) in [7, 11) is 0. The average Bonchev–Trinajstić information content (AvgIpc) is 2.24. The van der Waals surface area contributed by atoms with E-state index in [0.717, 1.165) is 22.1 Å². The molecule has 0 aliphatic carbocycles. The molecule has 0 unspecified atom stereocenters. The van der Waals surface area contributed by atoms with Crippen molar-refractivity contribution < 1.29 is 4.79 Å². The van der Waals surface area contributed by atoms with Gasteiger partial charge in [0.1, 0.15) is 0 Å². The summed E-state index contributed by atoms with van der Waals surface area (Å²) < 4.78 is 0.962. The van der Waals surface area contributed by atoms with E-state index in [1.807, 2.05) is 26.0 Å². The number of benzene rings is 1. The number of hydrogen-bond acceptors (Lipinski definition) is 1. The van der Waals surface area contributed by atoms with Gasteiger partial charge in [0.25, 0.3) is 0 Å². The molecule has 1 N–H and O–H groups in total. The molecule has 0 radical (unpaired) electrons. The fraction of sp³-hybridized carbons (Fsp3) is 0.417. The molecule has 1 aromatic carbocycles. The third kappa shape index (κ3) is 3.63. The molecule has 0 aliphatic rings. The van der Waals surface area contributed by atoms with Gasteiger partial charge in [0.15, 0.2) is 0 Å². The molecular formula is C12H15ClINO. The van der Waals surface area contributed by atoms with Gasteiger partial charge in [-0.25, -0.2) is 0 Å². The fourth-order valence-electron chi connectivity index (χ4n) is 1.49. The Morgan fingerprint density at radius 2 is 2.06 bits per heavy atom. The van der Waals surface area contributed by atoms with Crippen molar-refractivity contribution in [3.63, 3.8) is 0 Å². The number of anilines is 1. The molecule has 0 heterocycles. The summed E-state index contributed by atoms with van der Waals surface area (Å²) in [6, 6.07) is 5.46. The lowest BCUT2D eigenvalue weighted by atomic mass is 10.0. The van der Waals surface area contributed by atoms with E-state index in [1.54, 1.807) is 6.07 Å². The second kappa shape index (κ2) is 6.45. The van der Waals surface area contributed by atoms with Crippen molar-refractivity contribution >= 4 is 45.8 Å². The molecule has 0 aliphatic heterocycles. The summed E-state index contributed by atoms with van der Waals surface area (Å²) in [5, 5.41) is 3.62. The first kappa shape index (κ1) is 13.8. The highest BCUT2D eigenvalue weighted by Crippen LogP contribution is 2.23. The van der Waals surface area contributed by atoms with E-state index >= 15 is 0 Å². The minimum Gasteiger partial charge on any atom is -0.325 e. The van der Waals surface area contributed by atoms with Gasteiger partial charge in [0.2, 0.25) is 5.91 Å². The maximum absolute atomic E-state index is 11.9. The van der Waals surface area contributed by atoms with Gasteiger partial charge in [0.05, 0.1) is 5.69 Å². The summed E-state index contributed by atoms with van der Waals surface area (Å²) in [4.78, 5) is 11.9. The van der Waals surface area contributed by atoms with Crippen molar-refractivity contribution in [2.75, 3.05) is 5.32 Å². The van der Waals surface area contributed by atoms with Crippen LogP contribution in [0.3, 0.4) is 0 Å². The summed E-state index contributed by atoms with van der Waals surface area (Å²) in [6.07, 6.45) is 1.74. The van der Waals surface area contributed by atoms with Crippen LogP contribution in [-0.4, -0.2) is 5.91 Å². The normalized spacial score (nSPS) is 10.6. The van der Waals surface area contributed by atoms with Crippen LogP contribution in [0.15, 0.2) is 18.2 Å². The summed E-state index contributed by atoms with van der Waals surface area (Å²) >= 11 is 8.02. The number of nitrogens with one attached hydrogen (secondary N) is 1. The summed E-state index contributed by atoms with van der Waals surface area (Å²) in [5.74, 6) is 0.178. The number of carbonyl (C=O) groups is 1. The van der Waals surface area contributed by atoms with E-state index in [4.69, 9.17) is 11.6 Å². The molecule has 0 spiro atoms. The molecular weight excluding hydrogens is 336 g/mol. The van der Waals surface area contributed by atoms with Gasteiger partial charge in [-0.3, -0.25) is 4.79 Å². The van der Waals surface area contributed by atoms with Gasteiger partial charge in [-0.1, -0.05) is 25.4 Å². The number of amides is 1. The Kier molecular flexibility index (Phi) is 5.55. The van der Waals surface area contributed by atoms with Gasteiger partial charge >= 0.3 is 0 Å². The second-order valence-electron chi connectivity index (χ2n) is 3.63. The first-order chi connectivity index (χ1) is 7.58. The van der Waals surface area contributed by atoms with Crippen LogP contribution in [0.25, 0.3) is 0 Å². The summed E-state index contributed by atoms with van der Waals surface area (Å²) in [6.45, 7) is 4.06. The number of carbonyl (C=O) groups excluding carboxylic acids is 1. The van der Waals surface area contributed by atoms with E-state index in [1.165, 1.54) is 0 Å². The zero-order chi connectivity index (χ0) is 12.1. The molecule has 1 rings (SSSR count). The third-order valence-electron chi connectivity index (χ3n) is 2.55.